The quantitative estimate of drug-likeness (QED) is 0.721. The third-order valence-corrected chi connectivity index (χ3v) is 4.56. The molecule has 1 aromatic heterocycles. The average molecular weight is 389 g/mol. The van der Waals surface area contributed by atoms with E-state index in [-0.39, 0.29) is 6.10 Å². The molecule has 1 atom stereocenters. The molecule has 1 saturated carbocycles. The zero-order chi connectivity index (χ0) is 14.7. The van der Waals surface area contributed by atoms with Crippen LogP contribution < -0.4 is 5.32 Å². The predicted octanol–water partition coefficient (Wildman–Crippen LogP) is 3.81. The summed E-state index contributed by atoms with van der Waals surface area (Å²) in [5.41, 5.74) is 1.14. The average Bonchev–Trinajstić information content (AvgIpc) is 3.22. The Labute approximate surface area is 135 Å². The van der Waals surface area contributed by atoms with Gasteiger partial charge in [0.1, 0.15) is 11.9 Å². The molecule has 112 valence electrons. The molecule has 4 nitrogen and oxygen atoms in total. The summed E-state index contributed by atoms with van der Waals surface area (Å²) in [6, 6.07) is 0. The van der Waals surface area contributed by atoms with Crippen molar-refractivity contribution in [2.45, 2.75) is 46.1 Å². The van der Waals surface area contributed by atoms with Gasteiger partial charge < -0.3 is 10.1 Å². The second-order valence-electron chi connectivity index (χ2n) is 5.75. The summed E-state index contributed by atoms with van der Waals surface area (Å²) in [7, 11) is 1.92. The van der Waals surface area contributed by atoms with Gasteiger partial charge in [0.05, 0.1) is 9.26 Å². The van der Waals surface area contributed by atoms with Gasteiger partial charge in [-0.05, 0) is 60.6 Å². The van der Waals surface area contributed by atoms with Crippen LogP contribution in [0.4, 0.5) is 5.82 Å². The monoisotopic (exact) mass is 389 g/mol. The van der Waals surface area contributed by atoms with Gasteiger partial charge in [-0.1, -0.05) is 13.8 Å². The van der Waals surface area contributed by atoms with Gasteiger partial charge in [-0.3, -0.25) is 0 Å². The fourth-order valence-electron chi connectivity index (χ4n) is 2.33. The number of rotatable bonds is 7. The van der Waals surface area contributed by atoms with E-state index in [0.29, 0.717) is 18.4 Å². The van der Waals surface area contributed by atoms with Gasteiger partial charge in [0.25, 0.3) is 0 Å². The molecule has 1 aliphatic carbocycles. The number of hydrogen-bond acceptors (Lipinski definition) is 4. The highest BCUT2D eigenvalue weighted by molar-refractivity contribution is 14.1. The second-order valence-corrected chi connectivity index (χ2v) is 6.83. The number of nitrogens with one attached hydrogen (secondary N) is 1. The van der Waals surface area contributed by atoms with Gasteiger partial charge in [-0.2, -0.15) is 0 Å². The highest BCUT2D eigenvalue weighted by atomic mass is 127. The molecule has 1 heterocycles. The molecule has 2 rings (SSSR count). The number of halogens is 1. The van der Waals surface area contributed by atoms with Crippen molar-refractivity contribution in [3.05, 3.63) is 15.1 Å². The van der Waals surface area contributed by atoms with Crippen LogP contribution in [0.25, 0.3) is 0 Å². The first kappa shape index (κ1) is 15.9. The number of nitrogens with zero attached hydrogens (tertiary/aromatic N) is 2. The molecule has 1 unspecified atom stereocenters. The lowest BCUT2D eigenvalue weighted by molar-refractivity contribution is 0.0399. The van der Waals surface area contributed by atoms with Crippen molar-refractivity contribution in [3.63, 3.8) is 0 Å². The summed E-state index contributed by atoms with van der Waals surface area (Å²) in [4.78, 5) is 9.50. The first-order chi connectivity index (χ1) is 9.56. The highest BCUT2D eigenvalue weighted by Gasteiger charge is 2.35. The molecule has 1 N–H and O–H groups in total. The minimum Gasteiger partial charge on any atom is -0.372 e. The van der Waals surface area contributed by atoms with Crippen LogP contribution in [0.5, 0.6) is 0 Å². The van der Waals surface area contributed by atoms with Gasteiger partial charge in [0.2, 0.25) is 0 Å². The van der Waals surface area contributed by atoms with Crippen molar-refractivity contribution >= 4 is 28.4 Å². The summed E-state index contributed by atoms with van der Waals surface area (Å²) in [6.45, 7) is 7.19. The number of hydrogen-bond donors (Lipinski definition) is 1. The highest BCUT2D eigenvalue weighted by Crippen LogP contribution is 2.42. The standard InChI is InChI=1S/C15H24IN3O/c1-5-20-13(10-6-7-10)15-18-11(8-9(2)3)12(16)14(17-4)19-15/h9-10,13H,5-8H2,1-4H3,(H,17,18,19). The summed E-state index contributed by atoms with van der Waals surface area (Å²) in [5, 5.41) is 3.19. The molecule has 0 aliphatic heterocycles. The lowest BCUT2D eigenvalue weighted by Crippen LogP contribution is -2.16. The zero-order valence-corrected chi connectivity index (χ0v) is 14.9. The molecule has 0 saturated heterocycles. The molecule has 1 aromatic rings. The molecule has 20 heavy (non-hydrogen) atoms. The third-order valence-electron chi connectivity index (χ3n) is 3.43. The molecule has 0 amide bonds. The van der Waals surface area contributed by atoms with Crippen LogP contribution in [0.3, 0.4) is 0 Å². The number of ether oxygens (including phenoxy) is 1. The molecule has 1 fully saturated rings. The van der Waals surface area contributed by atoms with E-state index in [1.807, 2.05) is 14.0 Å². The van der Waals surface area contributed by atoms with Gasteiger partial charge in [-0.15, -0.1) is 0 Å². The van der Waals surface area contributed by atoms with Crippen molar-refractivity contribution in [2.75, 3.05) is 19.0 Å². The number of aromatic nitrogens is 2. The lowest BCUT2D eigenvalue weighted by atomic mass is 10.1. The molecule has 5 heteroatoms. The maximum absolute atomic E-state index is 5.90. The first-order valence-corrected chi connectivity index (χ1v) is 8.50. The van der Waals surface area contributed by atoms with E-state index >= 15 is 0 Å². The van der Waals surface area contributed by atoms with Crippen LogP contribution in [0.1, 0.15) is 51.2 Å². The Morgan fingerprint density at radius 2 is 2.05 bits per heavy atom. The van der Waals surface area contributed by atoms with E-state index in [1.54, 1.807) is 0 Å². The summed E-state index contributed by atoms with van der Waals surface area (Å²) < 4.78 is 7.03. The zero-order valence-electron chi connectivity index (χ0n) is 12.7. The Bertz CT molecular complexity index is 461. The van der Waals surface area contributed by atoms with E-state index in [9.17, 15) is 0 Å². The fourth-order valence-corrected chi connectivity index (χ4v) is 3.06. The van der Waals surface area contributed by atoms with Crippen LogP contribution >= 0.6 is 22.6 Å². The molecule has 0 aromatic carbocycles. The van der Waals surface area contributed by atoms with Crippen LogP contribution in [0.2, 0.25) is 0 Å². The molecule has 1 aliphatic rings. The summed E-state index contributed by atoms with van der Waals surface area (Å²) >= 11 is 2.34. The van der Waals surface area contributed by atoms with Crippen LogP contribution in [-0.4, -0.2) is 23.6 Å². The van der Waals surface area contributed by atoms with Crippen molar-refractivity contribution in [1.82, 2.24) is 9.97 Å². The van der Waals surface area contributed by atoms with Gasteiger partial charge in [0, 0.05) is 13.7 Å². The summed E-state index contributed by atoms with van der Waals surface area (Å²) in [5.74, 6) is 2.97. The van der Waals surface area contributed by atoms with E-state index in [0.717, 1.165) is 27.3 Å². The first-order valence-electron chi connectivity index (χ1n) is 7.42. The molecule has 0 bridgehead atoms. The molecular weight excluding hydrogens is 365 g/mol. The third kappa shape index (κ3) is 3.81. The minimum absolute atomic E-state index is 0.0648. The Morgan fingerprint density at radius 3 is 2.55 bits per heavy atom. The fraction of sp³-hybridized carbons (Fsp3) is 0.733. The van der Waals surface area contributed by atoms with Gasteiger partial charge >= 0.3 is 0 Å². The minimum atomic E-state index is 0.0648. The van der Waals surface area contributed by atoms with E-state index < -0.39 is 0 Å². The van der Waals surface area contributed by atoms with Crippen molar-refractivity contribution in [2.24, 2.45) is 11.8 Å². The van der Waals surface area contributed by atoms with Crippen LogP contribution in [-0.2, 0) is 11.2 Å². The topological polar surface area (TPSA) is 47.0 Å². The van der Waals surface area contributed by atoms with Crippen molar-refractivity contribution < 1.29 is 4.74 Å². The Kier molecular flexibility index (Phi) is 5.60. The van der Waals surface area contributed by atoms with Gasteiger partial charge in [-0.25, -0.2) is 9.97 Å². The van der Waals surface area contributed by atoms with Crippen molar-refractivity contribution in [3.8, 4) is 0 Å². The van der Waals surface area contributed by atoms with Crippen LogP contribution in [0, 0.1) is 15.4 Å². The Balaban J connectivity index is 2.35. The smallest absolute Gasteiger partial charge is 0.160 e. The summed E-state index contributed by atoms with van der Waals surface area (Å²) in [6.07, 6.45) is 3.50. The van der Waals surface area contributed by atoms with Gasteiger partial charge in [0.15, 0.2) is 5.82 Å². The van der Waals surface area contributed by atoms with E-state index in [1.165, 1.54) is 12.8 Å². The predicted molar refractivity (Wildman–Crippen MR) is 89.9 cm³/mol. The maximum atomic E-state index is 5.90. The molecule has 0 radical (unpaired) electrons. The lowest BCUT2D eigenvalue weighted by Gasteiger charge is -2.18. The molecular formula is C15H24IN3O. The number of anilines is 1. The maximum Gasteiger partial charge on any atom is 0.160 e. The second kappa shape index (κ2) is 7.02. The largest absolute Gasteiger partial charge is 0.372 e. The normalized spacial score (nSPS) is 16.5. The molecule has 0 spiro atoms. The Hall–Kier alpha value is -0.430. The van der Waals surface area contributed by atoms with E-state index in [2.05, 4.69) is 46.7 Å². The SMILES string of the molecule is CCOC(c1nc(CC(C)C)c(I)c(NC)n1)C1CC1. The van der Waals surface area contributed by atoms with Crippen molar-refractivity contribution in [1.29, 1.82) is 0 Å². The Morgan fingerprint density at radius 1 is 1.35 bits per heavy atom. The van der Waals surface area contributed by atoms with Crippen LogP contribution in [0.15, 0.2) is 0 Å². The van der Waals surface area contributed by atoms with E-state index in [4.69, 9.17) is 9.72 Å².